The van der Waals surface area contributed by atoms with Gasteiger partial charge in [-0.15, -0.1) is 0 Å². The minimum absolute atomic E-state index is 0.404. The molecule has 1 saturated heterocycles. The van der Waals surface area contributed by atoms with Gasteiger partial charge in [0.1, 0.15) is 5.75 Å². The molecule has 0 spiro atoms. The van der Waals surface area contributed by atoms with E-state index in [1.807, 2.05) is 12.1 Å². The van der Waals surface area contributed by atoms with Crippen LogP contribution in [0.3, 0.4) is 0 Å². The zero-order valence-corrected chi connectivity index (χ0v) is 11.5. The van der Waals surface area contributed by atoms with Gasteiger partial charge in [-0.05, 0) is 66.9 Å². The zero-order chi connectivity index (χ0) is 12.4. The monoisotopic (exact) mass is 263 g/mol. The summed E-state index contributed by atoms with van der Waals surface area (Å²) in [7, 11) is 0. The second-order valence-corrected chi connectivity index (χ2v) is 6.61. The second-order valence-electron chi connectivity index (χ2n) is 5.38. The summed E-state index contributed by atoms with van der Waals surface area (Å²) in [4.78, 5) is 0. The molecule has 0 aromatic heterocycles. The topological polar surface area (TPSA) is 32.3 Å². The van der Waals surface area contributed by atoms with Crippen LogP contribution in [0, 0.1) is 0 Å². The van der Waals surface area contributed by atoms with Crippen LogP contribution in [-0.2, 0) is 6.42 Å². The van der Waals surface area contributed by atoms with E-state index in [1.165, 1.54) is 48.3 Å². The van der Waals surface area contributed by atoms with Gasteiger partial charge in [0.25, 0.3) is 0 Å². The molecule has 3 rings (SSSR count). The van der Waals surface area contributed by atoms with Gasteiger partial charge in [0.05, 0.1) is 0 Å². The molecule has 1 unspecified atom stereocenters. The normalized spacial score (nSPS) is 24.8. The summed E-state index contributed by atoms with van der Waals surface area (Å²) in [6.07, 6.45) is 6.20. The van der Waals surface area contributed by atoms with Crippen LogP contribution in [-0.4, -0.2) is 22.7 Å². The highest BCUT2D eigenvalue weighted by Crippen LogP contribution is 2.33. The lowest BCUT2D eigenvalue weighted by Gasteiger charge is -2.32. The van der Waals surface area contributed by atoms with Gasteiger partial charge in [0.15, 0.2) is 0 Å². The van der Waals surface area contributed by atoms with E-state index in [4.69, 9.17) is 0 Å². The lowest BCUT2D eigenvalue weighted by Crippen LogP contribution is -2.37. The molecule has 0 amide bonds. The molecule has 0 saturated carbocycles. The zero-order valence-electron chi connectivity index (χ0n) is 10.7. The molecule has 1 aromatic rings. The van der Waals surface area contributed by atoms with Gasteiger partial charge < -0.3 is 10.4 Å². The van der Waals surface area contributed by atoms with Gasteiger partial charge in [-0.2, -0.15) is 11.8 Å². The Bertz CT molecular complexity index is 415. The van der Waals surface area contributed by atoms with E-state index >= 15 is 0 Å². The fraction of sp³-hybridized carbons (Fsp3) is 0.600. The van der Waals surface area contributed by atoms with Crippen molar-refractivity contribution < 1.29 is 5.11 Å². The smallest absolute Gasteiger partial charge is 0.115 e. The van der Waals surface area contributed by atoms with E-state index in [-0.39, 0.29) is 0 Å². The summed E-state index contributed by atoms with van der Waals surface area (Å²) < 4.78 is 0. The van der Waals surface area contributed by atoms with Gasteiger partial charge in [-0.25, -0.2) is 0 Å². The first-order chi connectivity index (χ1) is 8.83. The van der Waals surface area contributed by atoms with E-state index in [0.717, 1.165) is 6.42 Å². The summed E-state index contributed by atoms with van der Waals surface area (Å²) in [5.74, 6) is 2.98. The van der Waals surface area contributed by atoms with Gasteiger partial charge >= 0.3 is 0 Å². The predicted octanol–water partition coefficient (Wildman–Crippen LogP) is 3.25. The van der Waals surface area contributed by atoms with Crippen molar-refractivity contribution in [3.63, 3.8) is 0 Å². The first-order valence-electron chi connectivity index (χ1n) is 6.98. The third-order valence-electron chi connectivity index (χ3n) is 4.10. The Labute approximate surface area is 113 Å². The molecule has 2 nitrogen and oxygen atoms in total. The van der Waals surface area contributed by atoms with E-state index in [0.29, 0.717) is 17.8 Å². The number of rotatable bonds is 2. The molecule has 98 valence electrons. The van der Waals surface area contributed by atoms with Gasteiger partial charge in [0.2, 0.25) is 0 Å². The Balaban J connectivity index is 1.75. The van der Waals surface area contributed by atoms with E-state index in [1.54, 1.807) is 0 Å². The molecular formula is C15H21NOS. The van der Waals surface area contributed by atoms with E-state index in [9.17, 15) is 5.11 Å². The molecule has 0 bridgehead atoms. The van der Waals surface area contributed by atoms with Crippen molar-refractivity contribution in [3.05, 3.63) is 29.3 Å². The Morgan fingerprint density at radius 2 is 2.00 bits per heavy atom. The minimum Gasteiger partial charge on any atom is -0.508 e. The molecule has 2 aliphatic rings. The van der Waals surface area contributed by atoms with E-state index < -0.39 is 0 Å². The molecule has 3 heteroatoms. The SMILES string of the molecule is Oc1ccc2c(c1)C(NC1CCSCC1)CCC2. The number of aryl methyl sites for hydroxylation is 1. The quantitative estimate of drug-likeness (QED) is 0.859. The highest BCUT2D eigenvalue weighted by Gasteiger charge is 2.24. The van der Waals surface area contributed by atoms with Crippen molar-refractivity contribution >= 4 is 11.8 Å². The highest BCUT2D eigenvalue weighted by atomic mass is 32.2. The van der Waals surface area contributed by atoms with Crippen LogP contribution in [0.25, 0.3) is 0 Å². The van der Waals surface area contributed by atoms with Crippen LogP contribution in [0.15, 0.2) is 18.2 Å². The van der Waals surface area contributed by atoms with Crippen LogP contribution >= 0.6 is 11.8 Å². The van der Waals surface area contributed by atoms with Crippen molar-refractivity contribution in [2.24, 2.45) is 0 Å². The molecule has 2 N–H and O–H groups in total. The van der Waals surface area contributed by atoms with Crippen LogP contribution in [0.2, 0.25) is 0 Å². The summed E-state index contributed by atoms with van der Waals surface area (Å²) in [5.41, 5.74) is 2.75. The summed E-state index contributed by atoms with van der Waals surface area (Å²) in [5, 5.41) is 13.5. The van der Waals surface area contributed by atoms with Crippen LogP contribution in [0.1, 0.15) is 42.9 Å². The van der Waals surface area contributed by atoms with Crippen molar-refractivity contribution in [1.82, 2.24) is 5.32 Å². The number of aromatic hydroxyl groups is 1. The average molecular weight is 263 g/mol. The molecule has 18 heavy (non-hydrogen) atoms. The van der Waals surface area contributed by atoms with Crippen LogP contribution in [0.4, 0.5) is 0 Å². The molecule has 1 aliphatic heterocycles. The van der Waals surface area contributed by atoms with Crippen molar-refractivity contribution in [1.29, 1.82) is 0 Å². The third-order valence-corrected chi connectivity index (χ3v) is 5.15. The van der Waals surface area contributed by atoms with Crippen molar-refractivity contribution in [3.8, 4) is 5.75 Å². The number of thioether (sulfide) groups is 1. The van der Waals surface area contributed by atoms with Gasteiger partial charge in [0, 0.05) is 12.1 Å². The molecule has 1 aliphatic carbocycles. The molecular weight excluding hydrogens is 242 g/mol. The number of nitrogens with one attached hydrogen (secondary N) is 1. The van der Waals surface area contributed by atoms with Gasteiger partial charge in [-0.3, -0.25) is 0 Å². The highest BCUT2D eigenvalue weighted by molar-refractivity contribution is 7.99. The number of hydrogen-bond acceptors (Lipinski definition) is 3. The predicted molar refractivity (Wildman–Crippen MR) is 77.3 cm³/mol. The molecule has 1 fully saturated rings. The Kier molecular flexibility index (Phi) is 3.80. The number of phenols is 1. The summed E-state index contributed by atoms with van der Waals surface area (Å²) in [6.45, 7) is 0. The number of benzene rings is 1. The second kappa shape index (κ2) is 5.54. The molecule has 0 radical (unpaired) electrons. The van der Waals surface area contributed by atoms with E-state index in [2.05, 4.69) is 23.1 Å². The van der Waals surface area contributed by atoms with Gasteiger partial charge in [-0.1, -0.05) is 6.07 Å². The number of fused-ring (bicyclic) bond motifs is 1. The fourth-order valence-electron chi connectivity index (χ4n) is 3.11. The van der Waals surface area contributed by atoms with Crippen LogP contribution < -0.4 is 5.32 Å². The molecule has 1 aromatic carbocycles. The van der Waals surface area contributed by atoms with Crippen LogP contribution in [0.5, 0.6) is 5.75 Å². The maximum absolute atomic E-state index is 9.68. The first-order valence-corrected chi connectivity index (χ1v) is 8.14. The summed E-state index contributed by atoms with van der Waals surface area (Å²) >= 11 is 2.07. The van der Waals surface area contributed by atoms with Crippen molar-refractivity contribution in [2.45, 2.75) is 44.2 Å². The Hall–Kier alpha value is -0.670. The molecule has 1 atom stereocenters. The number of phenolic OH excluding ortho intramolecular Hbond substituents is 1. The first kappa shape index (κ1) is 12.4. The maximum atomic E-state index is 9.68. The molecule has 1 heterocycles. The Morgan fingerprint density at radius 1 is 1.17 bits per heavy atom. The standard InChI is InChI=1S/C15H21NOS/c17-13-5-4-11-2-1-3-15(14(11)10-13)16-12-6-8-18-9-7-12/h4-5,10,12,15-17H,1-3,6-9H2. The maximum Gasteiger partial charge on any atom is 0.115 e. The van der Waals surface area contributed by atoms with Crippen molar-refractivity contribution in [2.75, 3.05) is 11.5 Å². The summed E-state index contributed by atoms with van der Waals surface area (Å²) in [6, 6.07) is 7.00. The largest absolute Gasteiger partial charge is 0.508 e. The lowest BCUT2D eigenvalue weighted by molar-refractivity contribution is 0.376. The Morgan fingerprint density at radius 3 is 2.83 bits per heavy atom. The minimum atomic E-state index is 0.404. The third kappa shape index (κ3) is 2.67. The fourth-order valence-corrected chi connectivity index (χ4v) is 4.21. The lowest BCUT2D eigenvalue weighted by atomic mass is 9.87. The average Bonchev–Trinajstić information content (AvgIpc) is 2.41. The number of hydrogen-bond donors (Lipinski definition) is 2.